The molecule has 0 radical (unpaired) electrons. The number of aromatic hydroxyl groups is 1. The van der Waals surface area contributed by atoms with E-state index >= 15 is 0 Å². The van der Waals surface area contributed by atoms with Gasteiger partial charge in [0, 0.05) is 32.2 Å². The van der Waals surface area contributed by atoms with Crippen LogP contribution in [0.3, 0.4) is 0 Å². The number of fused-ring (bicyclic) bond motifs is 1. The summed E-state index contributed by atoms with van der Waals surface area (Å²) in [5.41, 5.74) is 0.0830. The van der Waals surface area contributed by atoms with E-state index in [0.717, 1.165) is 10.1 Å². The molecule has 2 heterocycles. The highest BCUT2D eigenvalue weighted by molar-refractivity contribution is 6.03. The van der Waals surface area contributed by atoms with Crippen LogP contribution in [0.5, 0.6) is 5.75 Å². The summed E-state index contributed by atoms with van der Waals surface area (Å²) in [5.74, 6) is -2.02. The Labute approximate surface area is 174 Å². The fourth-order valence-electron chi connectivity index (χ4n) is 3.49. The average Bonchev–Trinajstić information content (AvgIpc) is 2.67. The number of benzene rings is 1. The number of amides is 2. The first-order valence-corrected chi connectivity index (χ1v) is 9.76. The zero-order valence-electron chi connectivity index (χ0n) is 17.6. The van der Waals surface area contributed by atoms with Crippen LogP contribution in [0, 0.1) is 11.2 Å². The molecular weight excluding hydrogens is 389 g/mol. The van der Waals surface area contributed by atoms with Gasteiger partial charge < -0.3 is 19.9 Å². The van der Waals surface area contributed by atoms with Crippen LogP contribution in [-0.4, -0.2) is 39.5 Å². The summed E-state index contributed by atoms with van der Waals surface area (Å²) in [5, 5.41) is 13.2. The first-order valence-electron chi connectivity index (χ1n) is 9.76. The van der Waals surface area contributed by atoms with E-state index in [4.69, 9.17) is 0 Å². The fourth-order valence-corrected chi connectivity index (χ4v) is 3.49. The largest absolute Gasteiger partial charge is 0.502 e. The van der Waals surface area contributed by atoms with Gasteiger partial charge in [-0.2, -0.15) is 0 Å². The molecule has 160 valence electrons. The van der Waals surface area contributed by atoms with Gasteiger partial charge in [0.25, 0.3) is 17.4 Å². The van der Waals surface area contributed by atoms with Gasteiger partial charge in [0.05, 0.1) is 5.56 Å². The lowest BCUT2D eigenvalue weighted by Crippen LogP contribution is -2.43. The molecule has 7 nitrogen and oxygen atoms in total. The molecule has 0 atom stereocenters. The van der Waals surface area contributed by atoms with Gasteiger partial charge in [-0.05, 0) is 29.5 Å². The maximum Gasteiger partial charge on any atom is 0.293 e. The standard InChI is InChI=1S/C22H26FN3O4/c1-22(2,3)12-24-19(28)17-15-9-10-26(11-13-5-7-14(23)8-6-13)20(29)16(15)18(27)21(30)25(17)4/h5-8,27H,9-12H2,1-4H3,(H,24,28). The Morgan fingerprint density at radius 3 is 2.43 bits per heavy atom. The molecule has 2 amide bonds. The number of nitrogens with zero attached hydrogens (tertiary/aromatic N) is 2. The molecule has 0 aliphatic carbocycles. The summed E-state index contributed by atoms with van der Waals surface area (Å²) in [6.07, 6.45) is 0.308. The third kappa shape index (κ3) is 4.22. The lowest BCUT2D eigenvalue weighted by Gasteiger charge is -2.31. The minimum Gasteiger partial charge on any atom is -0.502 e. The van der Waals surface area contributed by atoms with Gasteiger partial charge in [0.1, 0.15) is 11.5 Å². The SMILES string of the molecule is Cn1c(C(=O)NCC(C)(C)C)c2c(c(O)c1=O)C(=O)N(Cc1ccc(F)cc1)CC2. The van der Waals surface area contributed by atoms with E-state index in [2.05, 4.69) is 5.32 Å². The third-order valence-corrected chi connectivity index (χ3v) is 5.08. The van der Waals surface area contributed by atoms with Gasteiger partial charge >= 0.3 is 0 Å². The van der Waals surface area contributed by atoms with E-state index in [0.29, 0.717) is 25.1 Å². The van der Waals surface area contributed by atoms with Crippen LogP contribution in [-0.2, 0) is 20.0 Å². The minimum absolute atomic E-state index is 0.0897. The molecule has 0 bridgehead atoms. The molecule has 0 unspecified atom stereocenters. The third-order valence-electron chi connectivity index (χ3n) is 5.08. The van der Waals surface area contributed by atoms with E-state index in [-0.39, 0.29) is 29.0 Å². The number of hydrogen-bond acceptors (Lipinski definition) is 4. The first kappa shape index (κ1) is 21.5. The fraction of sp³-hybridized carbons (Fsp3) is 0.409. The summed E-state index contributed by atoms with van der Waals surface area (Å²) in [6, 6.07) is 5.77. The maximum absolute atomic E-state index is 13.1. The Morgan fingerprint density at radius 1 is 1.20 bits per heavy atom. The summed E-state index contributed by atoms with van der Waals surface area (Å²) >= 11 is 0. The van der Waals surface area contributed by atoms with Crippen molar-refractivity contribution < 1.29 is 19.1 Å². The molecule has 30 heavy (non-hydrogen) atoms. The van der Waals surface area contributed by atoms with Crippen LogP contribution in [0.25, 0.3) is 0 Å². The van der Waals surface area contributed by atoms with Crippen molar-refractivity contribution in [1.82, 2.24) is 14.8 Å². The Balaban J connectivity index is 1.98. The minimum atomic E-state index is -0.799. The monoisotopic (exact) mass is 415 g/mol. The van der Waals surface area contributed by atoms with Crippen LogP contribution in [0.2, 0.25) is 0 Å². The van der Waals surface area contributed by atoms with Crippen molar-refractivity contribution in [3.63, 3.8) is 0 Å². The smallest absolute Gasteiger partial charge is 0.293 e. The number of rotatable bonds is 4. The zero-order chi connectivity index (χ0) is 22.2. The normalized spacial score (nSPS) is 13.9. The van der Waals surface area contributed by atoms with Crippen molar-refractivity contribution in [3.05, 3.63) is 62.8 Å². The molecule has 3 rings (SSSR count). The average molecular weight is 415 g/mol. The second kappa shape index (κ2) is 7.93. The Morgan fingerprint density at radius 2 is 1.83 bits per heavy atom. The first-order chi connectivity index (χ1) is 14.0. The van der Waals surface area contributed by atoms with Crippen molar-refractivity contribution in [2.24, 2.45) is 12.5 Å². The molecule has 1 aliphatic rings. The second-order valence-corrected chi connectivity index (χ2v) is 8.76. The number of carbonyl (C=O) groups excluding carboxylic acids is 2. The van der Waals surface area contributed by atoms with Crippen LogP contribution < -0.4 is 10.9 Å². The quantitative estimate of drug-likeness (QED) is 0.801. The van der Waals surface area contributed by atoms with E-state index < -0.39 is 23.1 Å². The lowest BCUT2D eigenvalue weighted by molar-refractivity contribution is 0.0721. The Kier molecular flexibility index (Phi) is 5.70. The van der Waals surface area contributed by atoms with Crippen molar-refractivity contribution in [1.29, 1.82) is 0 Å². The van der Waals surface area contributed by atoms with Gasteiger partial charge in [-0.1, -0.05) is 32.9 Å². The molecule has 0 fully saturated rings. The number of halogens is 1. The molecule has 0 saturated carbocycles. The number of aromatic nitrogens is 1. The van der Waals surface area contributed by atoms with Gasteiger partial charge in [0.2, 0.25) is 0 Å². The summed E-state index contributed by atoms with van der Waals surface area (Å²) in [7, 11) is 1.41. The molecule has 8 heteroatoms. The van der Waals surface area contributed by atoms with E-state index in [9.17, 15) is 23.9 Å². The highest BCUT2D eigenvalue weighted by Gasteiger charge is 2.34. The van der Waals surface area contributed by atoms with Crippen molar-refractivity contribution in [2.45, 2.75) is 33.7 Å². The number of pyridine rings is 1. The number of carbonyl (C=O) groups is 2. The summed E-state index contributed by atoms with van der Waals surface area (Å²) in [6.45, 7) is 6.81. The Hall–Kier alpha value is -3.16. The lowest BCUT2D eigenvalue weighted by atomic mass is 9.94. The molecule has 0 spiro atoms. The second-order valence-electron chi connectivity index (χ2n) is 8.76. The predicted octanol–water partition coefficient (Wildman–Crippen LogP) is 2.20. The van der Waals surface area contributed by atoms with Crippen molar-refractivity contribution in [3.8, 4) is 5.75 Å². The zero-order valence-corrected chi connectivity index (χ0v) is 17.6. The molecule has 2 aromatic rings. The van der Waals surface area contributed by atoms with Gasteiger partial charge in [0.15, 0.2) is 5.75 Å². The van der Waals surface area contributed by atoms with Crippen LogP contribution in [0.15, 0.2) is 29.1 Å². The van der Waals surface area contributed by atoms with Crippen molar-refractivity contribution in [2.75, 3.05) is 13.1 Å². The predicted molar refractivity (Wildman–Crippen MR) is 110 cm³/mol. The maximum atomic E-state index is 13.1. The molecule has 0 saturated heterocycles. The van der Waals surface area contributed by atoms with Crippen LogP contribution in [0.4, 0.5) is 4.39 Å². The molecule has 1 aliphatic heterocycles. The van der Waals surface area contributed by atoms with Gasteiger partial charge in [-0.3, -0.25) is 14.4 Å². The van der Waals surface area contributed by atoms with E-state index in [1.54, 1.807) is 12.1 Å². The van der Waals surface area contributed by atoms with Crippen molar-refractivity contribution >= 4 is 11.8 Å². The van der Waals surface area contributed by atoms with E-state index in [1.165, 1.54) is 24.1 Å². The molecule has 2 N–H and O–H groups in total. The van der Waals surface area contributed by atoms with E-state index in [1.807, 2.05) is 20.8 Å². The highest BCUT2D eigenvalue weighted by atomic mass is 19.1. The van der Waals surface area contributed by atoms with Gasteiger partial charge in [-0.25, -0.2) is 4.39 Å². The van der Waals surface area contributed by atoms with Crippen LogP contribution in [0.1, 0.15) is 52.7 Å². The molecule has 1 aromatic carbocycles. The number of nitrogens with one attached hydrogen (secondary N) is 1. The topological polar surface area (TPSA) is 91.6 Å². The van der Waals surface area contributed by atoms with Crippen LogP contribution >= 0.6 is 0 Å². The number of hydrogen-bond donors (Lipinski definition) is 2. The molecule has 1 aromatic heterocycles. The Bertz CT molecular complexity index is 1050. The summed E-state index contributed by atoms with van der Waals surface area (Å²) < 4.78 is 14.2. The molecular formula is C22H26FN3O4. The highest BCUT2D eigenvalue weighted by Crippen LogP contribution is 2.28. The van der Waals surface area contributed by atoms with Gasteiger partial charge in [-0.15, -0.1) is 0 Å². The summed E-state index contributed by atoms with van der Waals surface area (Å²) in [4.78, 5) is 39.9.